The smallest absolute Gasteiger partial charge is 0.172 e. The van der Waals surface area contributed by atoms with E-state index >= 15 is 0 Å². The highest BCUT2D eigenvalue weighted by Gasteiger charge is 2.38. The van der Waals surface area contributed by atoms with E-state index in [-0.39, 0.29) is 11.2 Å². The molecule has 0 atom stereocenters. The Labute approximate surface area is 176 Å². The number of fused-ring (bicyclic) bond motifs is 5. The minimum atomic E-state index is -0.216. The summed E-state index contributed by atoms with van der Waals surface area (Å²) in [6.07, 6.45) is 0. The number of morpholine rings is 1. The fourth-order valence-corrected chi connectivity index (χ4v) is 5.03. The highest BCUT2D eigenvalue weighted by molar-refractivity contribution is 6.08. The molecule has 0 unspecified atom stereocenters. The molecule has 1 aliphatic carbocycles. The third-order valence-corrected chi connectivity index (χ3v) is 6.62. The molecule has 0 spiro atoms. The molecule has 5 rings (SSSR count). The van der Waals surface area contributed by atoms with Gasteiger partial charge in [-0.3, -0.25) is 0 Å². The Balaban J connectivity index is 1.76. The molecule has 0 amide bonds. The lowest BCUT2D eigenvalue weighted by atomic mass is 9.81. The second-order valence-corrected chi connectivity index (χ2v) is 8.50. The lowest BCUT2D eigenvalue weighted by molar-refractivity contribution is 0.122. The van der Waals surface area contributed by atoms with E-state index in [0.29, 0.717) is 16.9 Å². The lowest BCUT2D eigenvalue weighted by Gasteiger charge is -2.30. The minimum absolute atomic E-state index is 0.216. The fraction of sp³-hybridized carbons (Fsp3) is 0.360. The van der Waals surface area contributed by atoms with Gasteiger partial charge in [0.25, 0.3) is 0 Å². The van der Waals surface area contributed by atoms with Crippen LogP contribution in [-0.4, -0.2) is 45.6 Å². The van der Waals surface area contributed by atoms with Gasteiger partial charge in [0, 0.05) is 24.2 Å². The zero-order valence-electron chi connectivity index (χ0n) is 17.9. The Bertz CT molecular complexity index is 1150. The van der Waals surface area contributed by atoms with E-state index in [4.69, 9.17) is 14.2 Å². The molecule has 1 aliphatic heterocycles. The number of rotatable bonds is 3. The van der Waals surface area contributed by atoms with Gasteiger partial charge in [-0.2, -0.15) is 0 Å². The summed E-state index contributed by atoms with van der Waals surface area (Å²) in [6, 6.07) is 12.6. The Kier molecular flexibility index (Phi) is 4.33. The molecule has 5 nitrogen and oxygen atoms in total. The summed E-state index contributed by atoms with van der Waals surface area (Å²) < 4.78 is 16.6. The van der Waals surface area contributed by atoms with E-state index < -0.39 is 0 Å². The zero-order chi connectivity index (χ0) is 21.0. The Morgan fingerprint density at radius 2 is 1.73 bits per heavy atom. The molecule has 3 aromatic carbocycles. The highest BCUT2D eigenvalue weighted by atomic mass is 16.5. The molecule has 156 valence electrons. The van der Waals surface area contributed by atoms with Gasteiger partial charge in [0.1, 0.15) is 5.75 Å². The molecule has 0 saturated carbocycles. The summed E-state index contributed by atoms with van der Waals surface area (Å²) in [4.78, 5) is 2.38. The number of anilines is 1. The minimum Gasteiger partial charge on any atom is -0.507 e. The fourth-order valence-electron chi connectivity index (χ4n) is 5.03. The number of methoxy groups -OCH3 is 2. The average Bonchev–Trinajstić information content (AvgIpc) is 3.00. The molecule has 1 fully saturated rings. The van der Waals surface area contributed by atoms with Crippen LogP contribution in [0.4, 0.5) is 5.69 Å². The summed E-state index contributed by atoms with van der Waals surface area (Å²) in [5.74, 6) is 1.39. The molecule has 5 heteroatoms. The molecule has 1 N–H and O–H groups in total. The van der Waals surface area contributed by atoms with Crippen LogP contribution in [0, 0.1) is 0 Å². The summed E-state index contributed by atoms with van der Waals surface area (Å²) in [5.41, 5.74) is 5.80. The summed E-state index contributed by atoms with van der Waals surface area (Å²) in [6.45, 7) is 7.81. The van der Waals surface area contributed by atoms with E-state index in [1.54, 1.807) is 14.2 Å². The Morgan fingerprint density at radius 3 is 2.43 bits per heavy atom. The van der Waals surface area contributed by atoms with Gasteiger partial charge in [0.2, 0.25) is 0 Å². The van der Waals surface area contributed by atoms with Crippen LogP contribution in [-0.2, 0) is 10.2 Å². The number of benzene rings is 3. The first-order valence-electron chi connectivity index (χ1n) is 10.4. The maximum Gasteiger partial charge on any atom is 0.172 e. The van der Waals surface area contributed by atoms with Crippen molar-refractivity contribution < 1.29 is 19.3 Å². The van der Waals surface area contributed by atoms with Crippen molar-refractivity contribution in [3.8, 4) is 28.4 Å². The van der Waals surface area contributed by atoms with Crippen LogP contribution < -0.4 is 14.4 Å². The number of hydrogen-bond acceptors (Lipinski definition) is 5. The molecular weight excluding hydrogens is 378 g/mol. The molecule has 30 heavy (non-hydrogen) atoms. The molecule has 2 aliphatic rings. The average molecular weight is 405 g/mol. The van der Waals surface area contributed by atoms with E-state index in [1.807, 2.05) is 18.2 Å². The van der Waals surface area contributed by atoms with Gasteiger partial charge in [-0.15, -0.1) is 0 Å². The van der Waals surface area contributed by atoms with Crippen molar-refractivity contribution in [2.45, 2.75) is 19.3 Å². The normalized spacial score (nSPS) is 17.0. The molecule has 3 aromatic rings. The number of hydrogen-bond donors (Lipinski definition) is 1. The molecular formula is C25H27NO4. The largest absolute Gasteiger partial charge is 0.507 e. The Morgan fingerprint density at radius 1 is 0.967 bits per heavy atom. The van der Waals surface area contributed by atoms with Gasteiger partial charge in [-0.1, -0.05) is 19.9 Å². The van der Waals surface area contributed by atoms with Crippen LogP contribution >= 0.6 is 0 Å². The number of phenolic OH excluding ortho intramolecular Hbond substituents is 1. The van der Waals surface area contributed by atoms with Crippen molar-refractivity contribution in [1.29, 1.82) is 0 Å². The third kappa shape index (κ3) is 2.58. The van der Waals surface area contributed by atoms with Crippen LogP contribution in [0.15, 0.2) is 36.4 Å². The van der Waals surface area contributed by atoms with Gasteiger partial charge in [0.05, 0.1) is 32.8 Å². The van der Waals surface area contributed by atoms with Gasteiger partial charge >= 0.3 is 0 Å². The van der Waals surface area contributed by atoms with Crippen molar-refractivity contribution >= 4 is 16.5 Å². The van der Waals surface area contributed by atoms with Gasteiger partial charge in [-0.25, -0.2) is 0 Å². The number of nitrogens with zero attached hydrogens (tertiary/aromatic N) is 1. The Hall–Kier alpha value is -2.92. The summed E-state index contributed by atoms with van der Waals surface area (Å²) in [5, 5.41) is 12.7. The maximum atomic E-state index is 11.0. The van der Waals surface area contributed by atoms with Crippen molar-refractivity contribution in [2.24, 2.45) is 0 Å². The van der Waals surface area contributed by atoms with Gasteiger partial charge in [-0.05, 0) is 58.0 Å². The molecule has 0 radical (unpaired) electrons. The SMILES string of the molecule is COc1ccc2c3c(cc(O)c2c1OC)C(C)(C)c1cc(N2CCOCC2)ccc1-3. The first-order chi connectivity index (χ1) is 14.5. The molecule has 1 heterocycles. The molecule has 1 saturated heterocycles. The van der Waals surface area contributed by atoms with E-state index in [0.717, 1.165) is 42.8 Å². The van der Waals surface area contributed by atoms with E-state index in [1.165, 1.54) is 16.8 Å². The second-order valence-electron chi connectivity index (χ2n) is 8.50. The lowest BCUT2D eigenvalue weighted by Crippen LogP contribution is -2.36. The van der Waals surface area contributed by atoms with Crippen LogP contribution in [0.5, 0.6) is 17.2 Å². The van der Waals surface area contributed by atoms with Gasteiger partial charge in [0.15, 0.2) is 11.5 Å². The highest BCUT2D eigenvalue weighted by Crippen LogP contribution is 2.55. The third-order valence-electron chi connectivity index (χ3n) is 6.62. The van der Waals surface area contributed by atoms with Crippen molar-refractivity contribution in [1.82, 2.24) is 0 Å². The van der Waals surface area contributed by atoms with E-state index in [2.05, 4.69) is 36.9 Å². The van der Waals surface area contributed by atoms with Crippen molar-refractivity contribution in [3.05, 3.63) is 47.5 Å². The van der Waals surface area contributed by atoms with E-state index in [9.17, 15) is 5.11 Å². The summed E-state index contributed by atoms with van der Waals surface area (Å²) in [7, 11) is 3.22. The van der Waals surface area contributed by atoms with Gasteiger partial charge < -0.3 is 24.2 Å². The first-order valence-corrected chi connectivity index (χ1v) is 10.4. The number of phenols is 1. The van der Waals surface area contributed by atoms with Crippen molar-refractivity contribution in [2.75, 3.05) is 45.4 Å². The first kappa shape index (κ1) is 19.1. The summed E-state index contributed by atoms with van der Waals surface area (Å²) >= 11 is 0. The predicted octanol–water partition coefficient (Wildman–Crippen LogP) is 4.71. The molecule has 0 bridgehead atoms. The van der Waals surface area contributed by atoms with Crippen molar-refractivity contribution in [3.63, 3.8) is 0 Å². The predicted molar refractivity (Wildman–Crippen MR) is 119 cm³/mol. The quantitative estimate of drug-likeness (QED) is 0.684. The van der Waals surface area contributed by atoms with Crippen LogP contribution in [0.1, 0.15) is 25.0 Å². The topological polar surface area (TPSA) is 51.2 Å². The number of ether oxygens (including phenoxy) is 3. The molecule has 0 aromatic heterocycles. The monoisotopic (exact) mass is 405 g/mol. The standard InChI is InChI=1S/C25H27NO4/c1-25(2)18-13-15(26-9-11-30-12-10-26)5-6-16(18)22-17-7-8-21(28-3)24(29-4)23(17)20(27)14-19(22)25/h5-8,13-14,27H,9-12H2,1-4H3. The van der Waals surface area contributed by atoms with Crippen LogP contribution in [0.2, 0.25) is 0 Å². The number of aromatic hydroxyl groups is 1. The maximum absolute atomic E-state index is 11.0. The van der Waals surface area contributed by atoms with Crippen LogP contribution in [0.25, 0.3) is 21.9 Å². The zero-order valence-corrected chi connectivity index (χ0v) is 17.9. The van der Waals surface area contributed by atoms with Crippen LogP contribution in [0.3, 0.4) is 0 Å². The second kappa shape index (κ2) is 6.81.